The van der Waals surface area contributed by atoms with Crippen molar-refractivity contribution in [3.8, 4) is 0 Å². The van der Waals surface area contributed by atoms with Crippen molar-refractivity contribution >= 4 is 17.7 Å². The monoisotopic (exact) mass is 292 g/mol. The van der Waals surface area contributed by atoms with Crippen molar-refractivity contribution in [1.82, 2.24) is 0 Å². The van der Waals surface area contributed by atoms with E-state index < -0.39 is 17.7 Å². The summed E-state index contributed by atoms with van der Waals surface area (Å²) in [5.41, 5.74) is 0. The normalized spacial score (nSPS) is 8.93. The summed E-state index contributed by atoms with van der Waals surface area (Å²) in [7, 11) is 0. The van der Waals surface area contributed by atoms with E-state index in [2.05, 4.69) is 4.74 Å². The minimum absolute atomic E-state index is 0. The van der Waals surface area contributed by atoms with Gasteiger partial charge in [0.15, 0.2) is 0 Å². The van der Waals surface area contributed by atoms with Gasteiger partial charge in [-0.05, 0) is 6.42 Å². The predicted octanol–water partition coefficient (Wildman–Crippen LogP) is 0.459. The van der Waals surface area contributed by atoms with Crippen LogP contribution in [0, 0.1) is 0 Å². The molecule has 0 aromatic carbocycles. The average molecular weight is 293 g/mol. The van der Waals surface area contributed by atoms with E-state index in [1.54, 1.807) is 0 Å². The molecule has 0 fully saturated rings. The van der Waals surface area contributed by atoms with Gasteiger partial charge in [0.05, 0.1) is 0 Å². The molecule has 0 aromatic rings. The Kier molecular flexibility index (Phi) is 11.6. The zero-order valence-electron chi connectivity index (χ0n) is 8.87. The quantitative estimate of drug-likeness (QED) is 0.308. The summed E-state index contributed by atoms with van der Waals surface area (Å²) in [5.74, 6) is -2.79. The SMILES string of the molecule is CCCCOCC(=O)C(=O)OC(C)=O.[Zr]. The van der Waals surface area contributed by atoms with Crippen LogP contribution in [0.3, 0.4) is 0 Å². The molecule has 0 saturated carbocycles. The van der Waals surface area contributed by atoms with E-state index in [1.165, 1.54) is 0 Å². The van der Waals surface area contributed by atoms with Gasteiger partial charge < -0.3 is 9.47 Å². The Balaban J connectivity index is 0. The molecular formula is C9H14O5Zr. The first-order valence-corrected chi connectivity index (χ1v) is 4.41. The summed E-state index contributed by atoms with van der Waals surface area (Å²) in [5, 5.41) is 0. The minimum Gasteiger partial charge on any atom is -0.387 e. The van der Waals surface area contributed by atoms with E-state index in [0.29, 0.717) is 6.61 Å². The van der Waals surface area contributed by atoms with Crippen molar-refractivity contribution in [2.24, 2.45) is 0 Å². The molecular weight excluding hydrogens is 279 g/mol. The van der Waals surface area contributed by atoms with Crippen molar-refractivity contribution in [2.45, 2.75) is 26.7 Å². The number of rotatable bonds is 6. The Labute approximate surface area is 108 Å². The number of carbonyl (C=O) groups is 3. The van der Waals surface area contributed by atoms with E-state index in [9.17, 15) is 14.4 Å². The first-order chi connectivity index (χ1) is 6.57. The average Bonchev–Trinajstić information content (AvgIpc) is 2.11. The Hall–Kier alpha value is -0.347. The molecule has 84 valence electrons. The third-order valence-corrected chi connectivity index (χ3v) is 1.34. The van der Waals surface area contributed by atoms with Gasteiger partial charge in [0.1, 0.15) is 6.61 Å². The summed E-state index contributed by atoms with van der Waals surface area (Å²) in [4.78, 5) is 31.9. The topological polar surface area (TPSA) is 69.7 Å². The number of carbonyl (C=O) groups excluding carboxylic acids is 3. The largest absolute Gasteiger partial charge is 0.387 e. The molecule has 0 aliphatic carbocycles. The molecule has 6 heteroatoms. The number of hydrogen-bond donors (Lipinski definition) is 0. The fourth-order valence-electron chi connectivity index (χ4n) is 0.658. The first-order valence-electron chi connectivity index (χ1n) is 4.41. The molecule has 0 bridgehead atoms. The second kappa shape index (κ2) is 10.2. The predicted molar refractivity (Wildman–Crippen MR) is 47.5 cm³/mol. The molecule has 0 aliphatic heterocycles. The van der Waals surface area contributed by atoms with Crippen LogP contribution in [-0.4, -0.2) is 30.9 Å². The number of ether oxygens (including phenoxy) is 2. The van der Waals surface area contributed by atoms with Crippen LogP contribution in [-0.2, 0) is 50.1 Å². The third-order valence-electron chi connectivity index (χ3n) is 1.34. The summed E-state index contributed by atoms with van der Waals surface area (Å²) in [6.07, 6.45) is 1.78. The number of esters is 2. The maximum Gasteiger partial charge on any atom is 0.384 e. The zero-order chi connectivity index (χ0) is 11.0. The standard InChI is InChI=1S/C9H14O5.Zr/c1-3-4-5-13-6-8(11)9(12)14-7(2)10;/h3-6H2,1-2H3;. The molecule has 0 unspecified atom stereocenters. The van der Waals surface area contributed by atoms with Crippen LogP contribution in [0.15, 0.2) is 0 Å². The molecule has 0 saturated heterocycles. The zero-order valence-corrected chi connectivity index (χ0v) is 11.3. The molecule has 0 aliphatic rings. The van der Waals surface area contributed by atoms with Crippen LogP contribution in [0.4, 0.5) is 0 Å². The van der Waals surface area contributed by atoms with Crippen molar-refractivity contribution < 1.29 is 50.1 Å². The van der Waals surface area contributed by atoms with Crippen molar-refractivity contribution in [1.29, 1.82) is 0 Å². The molecule has 0 radical (unpaired) electrons. The Morgan fingerprint density at radius 2 is 1.80 bits per heavy atom. The van der Waals surface area contributed by atoms with Gasteiger partial charge in [0, 0.05) is 39.7 Å². The smallest absolute Gasteiger partial charge is 0.384 e. The molecule has 0 amide bonds. The number of unbranched alkanes of at least 4 members (excludes halogenated alkanes) is 1. The number of ketones is 1. The van der Waals surface area contributed by atoms with Crippen LogP contribution in [0.25, 0.3) is 0 Å². The molecule has 0 spiro atoms. The van der Waals surface area contributed by atoms with Crippen LogP contribution in [0.5, 0.6) is 0 Å². The summed E-state index contributed by atoms with van der Waals surface area (Å²) < 4.78 is 8.94. The van der Waals surface area contributed by atoms with Crippen LogP contribution < -0.4 is 0 Å². The van der Waals surface area contributed by atoms with Crippen molar-refractivity contribution in [2.75, 3.05) is 13.2 Å². The van der Waals surface area contributed by atoms with Crippen LogP contribution in [0.1, 0.15) is 26.7 Å². The van der Waals surface area contributed by atoms with E-state index >= 15 is 0 Å². The maximum atomic E-state index is 10.9. The Bertz CT molecular complexity index is 227. The van der Waals surface area contributed by atoms with E-state index in [-0.39, 0.29) is 32.8 Å². The van der Waals surface area contributed by atoms with Crippen molar-refractivity contribution in [3.05, 3.63) is 0 Å². The third kappa shape index (κ3) is 9.95. The fraction of sp³-hybridized carbons (Fsp3) is 0.667. The number of hydrogen-bond acceptors (Lipinski definition) is 5. The van der Waals surface area contributed by atoms with Gasteiger partial charge in [-0.1, -0.05) is 13.3 Å². The van der Waals surface area contributed by atoms with Crippen molar-refractivity contribution in [3.63, 3.8) is 0 Å². The minimum atomic E-state index is -1.16. The van der Waals surface area contributed by atoms with Crippen LogP contribution in [0.2, 0.25) is 0 Å². The number of Topliss-reactive ketones (excluding diaryl/α,β-unsaturated/α-hetero) is 1. The van der Waals surface area contributed by atoms with Gasteiger partial charge in [-0.3, -0.25) is 9.59 Å². The Morgan fingerprint density at radius 1 is 1.20 bits per heavy atom. The summed E-state index contributed by atoms with van der Waals surface area (Å²) in [6, 6.07) is 0. The maximum absolute atomic E-state index is 10.9. The summed E-state index contributed by atoms with van der Waals surface area (Å²) in [6.45, 7) is 3.14. The molecule has 0 rings (SSSR count). The molecule has 5 nitrogen and oxygen atoms in total. The van der Waals surface area contributed by atoms with Gasteiger partial charge in [0.25, 0.3) is 5.78 Å². The van der Waals surface area contributed by atoms with E-state index in [4.69, 9.17) is 4.74 Å². The van der Waals surface area contributed by atoms with Gasteiger partial charge in [-0.25, -0.2) is 4.79 Å². The van der Waals surface area contributed by atoms with Crippen LogP contribution >= 0.6 is 0 Å². The second-order valence-electron chi connectivity index (χ2n) is 2.71. The molecule has 0 aromatic heterocycles. The summed E-state index contributed by atoms with van der Waals surface area (Å²) >= 11 is 0. The molecule has 0 heterocycles. The first kappa shape index (κ1) is 17.1. The second-order valence-corrected chi connectivity index (χ2v) is 2.71. The molecule has 0 N–H and O–H groups in total. The Morgan fingerprint density at radius 3 is 2.27 bits per heavy atom. The fourth-order valence-corrected chi connectivity index (χ4v) is 0.658. The van der Waals surface area contributed by atoms with Gasteiger partial charge in [0.2, 0.25) is 0 Å². The van der Waals surface area contributed by atoms with E-state index in [0.717, 1.165) is 19.8 Å². The van der Waals surface area contributed by atoms with Gasteiger partial charge in [-0.2, -0.15) is 0 Å². The van der Waals surface area contributed by atoms with Gasteiger partial charge in [-0.15, -0.1) is 0 Å². The molecule has 0 atom stereocenters. The van der Waals surface area contributed by atoms with E-state index in [1.807, 2.05) is 6.92 Å². The molecule has 15 heavy (non-hydrogen) atoms. The van der Waals surface area contributed by atoms with Gasteiger partial charge >= 0.3 is 11.9 Å².